The topological polar surface area (TPSA) is 37.3 Å². The second-order valence-corrected chi connectivity index (χ2v) is 5.12. The van der Waals surface area contributed by atoms with Gasteiger partial charge in [0, 0.05) is 6.08 Å². The molecule has 2 rings (SSSR count). The molecule has 0 saturated heterocycles. The van der Waals surface area contributed by atoms with Gasteiger partial charge in [-0.3, -0.25) is 0 Å². The summed E-state index contributed by atoms with van der Waals surface area (Å²) >= 11 is 0. The predicted octanol–water partition coefficient (Wildman–Crippen LogP) is 4.22. The van der Waals surface area contributed by atoms with Crippen molar-refractivity contribution in [1.82, 2.24) is 0 Å². The molecule has 1 aromatic rings. The molecule has 1 N–H and O–H groups in total. The lowest BCUT2D eigenvalue weighted by molar-refractivity contribution is -0.131. The minimum Gasteiger partial charge on any atom is -0.478 e. The second kappa shape index (κ2) is 5.85. The van der Waals surface area contributed by atoms with Gasteiger partial charge in [0.1, 0.15) is 0 Å². The van der Waals surface area contributed by atoms with E-state index in [-0.39, 0.29) is 0 Å². The maximum absolute atomic E-state index is 10.6. The van der Waals surface area contributed by atoms with Crippen LogP contribution >= 0.6 is 0 Å². The van der Waals surface area contributed by atoms with Crippen molar-refractivity contribution in [1.29, 1.82) is 0 Å². The lowest BCUT2D eigenvalue weighted by Gasteiger charge is -2.22. The fraction of sp³-hybridized carbons (Fsp3) is 0.438. The van der Waals surface area contributed by atoms with Crippen molar-refractivity contribution in [2.24, 2.45) is 0 Å². The van der Waals surface area contributed by atoms with Crippen molar-refractivity contribution in [3.8, 4) is 0 Å². The van der Waals surface area contributed by atoms with E-state index in [2.05, 4.69) is 12.1 Å². The van der Waals surface area contributed by atoms with Crippen molar-refractivity contribution in [2.75, 3.05) is 0 Å². The van der Waals surface area contributed by atoms with E-state index in [0.29, 0.717) is 5.92 Å². The number of aliphatic carboxylic acids is 1. The van der Waals surface area contributed by atoms with E-state index < -0.39 is 5.97 Å². The Morgan fingerprint density at radius 3 is 2.33 bits per heavy atom. The standard InChI is InChI=1S/C16H20O2/c1-12(11-16(17)18)13-7-9-15(10-8-13)14-5-3-2-4-6-14/h7-11,14H,2-6H2,1H3,(H,17,18)/b12-11-. The largest absolute Gasteiger partial charge is 0.478 e. The van der Waals surface area contributed by atoms with Crippen LogP contribution in [0.1, 0.15) is 56.1 Å². The Labute approximate surface area is 108 Å². The fourth-order valence-corrected chi connectivity index (χ4v) is 2.72. The van der Waals surface area contributed by atoms with Crippen LogP contribution in [-0.2, 0) is 4.79 Å². The Morgan fingerprint density at radius 2 is 1.78 bits per heavy atom. The Bertz CT molecular complexity index is 437. The number of allylic oxidation sites excluding steroid dienone is 1. The summed E-state index contributed by atoms with van der Waals surface area (Å²) < 4.78 is 0. The first kappa shape index (κ1) is 12.9. The third-order valence-electron chi connectivity index (χ3n) is 3.78. The number of hydrogen-bond donors (Lipinski definition) is 1. The van der Waals surface area contributed by atoms with Gasteiger partial charge in [-0.25, -0.2) is 4.79 Å². The molecule has 0 heterocycles. The summed E-state index contributed by atoms with van der Waals surface area (Å²) in [6.45, 7) is 1.84. The normalized spacial score (nSPS) is 17.7. The number of carbonyl (C=O) groups is 1. The third-order valence-corrected chi connectivity index (χ3v) is 3.78. The van der Waals surface area contributed by atoms with Crippen LogP contribution in [0.4, 0.5) is 0 Å². The van der Waals surface area contributed by atoms with Gasteiger partial charge in [-0.05, 0) is 42.4 Å². The number of benzene rings is 1. The molecule has 0 radical (unpaired) electrons. The zero-order valence-corrected chi connectivity index (χ0v) is 10.9. The average molecular weight is 244 g/mol. The van der Waals surface area contributed by atoms with Gasteiger partial charge >= 0.3 is 5.97 Å². The highest BCUT2D eigenvalue weighted by Gasteiger charge is 2.15. The van der Waals surface area contributed by atoms with Gasteiger partial charge in [0.15, 0.2) is 0 Å². The predicted molar refractivity (Wildman–Crippen MR) is 73.6 cm³/mol. The van der Waals surface area contributed by atoms with Gasteiger partial charge in [-0.2, -0.15) is 0 Å². The molecule has 0 amide bonds. The van der Waals surface area contributed by atoms with Crippen LogP contribution in [0.5, 0.6) is 0 Å². The van der Waals surface area contributed by atoms with Gasteiger partial charge in [-0.1, -0.05) is 43.5 Å². The minimum atomic E-state index is -0.885. The summed E-state index contributed by atoms with van der Waals surface area (Å²) in [7, 11) is 0. The van der Waals surface area contributed by atoms with Crippen LogP contribution in [0.15, 0.2) is 30.3 Å². The highest BCUT2D eigenvalue weighted by Crippen LogP contribution is 2.32. The van der Waals surface area contributed by atoms with E-state index in [1.54, 1.807) is 0 Å². The molecule has 96 valence electrons. The molecule has 0 bridgehead atoms. The molecule has 0 atom stereocenters. The molecule has 0 spiro atoms. The quantitative estimate of drug-likeness (QED) is 0.808. The molecular weight excluding hydrogens is 224 g/mol. The average Bonchev–Trinajstić information content (AvgIpc) is 2.39. The molecule has 1 aliphatic rings. The van der Waals surface area contributed by atoms with Gasteiger partial charge in [-0.15, -0.1) is 0 Å². The monoisotopic (exact) mass is 244 g/mol. The Kier molecular flexibility index (Phi) is 4.19. The summed E-state index contributed by atoms with van der Waals surface area (Å²) in [6.07, 6.45) is 7.89. The second-order valence-electron chi connectivity index (χ2n) is 5.12. The van der Waals surface area contributed by atoms with Crippen LogP contribution < -0.4 is 0 Å². The van der Waals surface area contributed by atoms with E-state index in [1.807, 2.05) is 19.1 Å². The van der Waals surface area contributed by atoms with Crippen molar-refractivity contribution in [3.63, 3.8) is 0 Å². The minimum absolute atomic E-state index is 0.705. The molecule has 0 aromatic heterocycles. The number of rotatable bonds is 3. The van der Waals surface area contributed by atoms with Gasteiger partial charge in [0.2, 0.25) is 0 Å². The van der Waals surface area contributed by atoms with E-state index >= 15 is 0 Å². The number of hydrogen-bond acceptors (Lipinski definition) is 1. The zero-order chi connectivity index (χ0) is 13.0. The SMILES string of the molecule is C/C(=C/C(=O)O)c1ccc(C2CCCCC2)cc1. The summed E-state index contributed by atoms with van der Waals surface area (Å²) in [6, 6.07) is 8.40. The molecule has 18 heavy (non-hydrogen) atoms. The first-order valence-electron chi connectivity index (χ1n) is 6.68. The molecular formula is C16H20O2. The zero-order valence-electron chi connectivity index (χ0n) is 10.9. The smallest absolute Gasteiger partial charge is 0.328 e. The highest BCUT2D eigenvalue weighted by atomic mass is 16.4. The number of carboxylic acid groups (broad SMARTS) is 1. The Balaban J connectivity index is 2.12. The molecule has 0 unspecified atom stereocenters. The van der Waals surface area contributed by atoms with Gasteiger partial charge < -0.3 is 5.11 Å². The van der Waals surface area contributed by atoms with E-state index in [1.165, 1.54) is 43.7 Å². The molecule has 2 heteroatoms. The number of carboxylic acids is 1. The van der Waals surface area contributed by atoms with Crippen LogP contribution in [0.2, 0.25) is 0 Å². The van der Waals surface area contributed by atoms with Crippen LogP contribution in [0, 0.1) is 0 Å². The van der Waals surface area contributed by atoms with Crippen molar-refractivity contribution >= 4 is 11.5 Å². The van der Waals surface area contributed by atoms with Crippen LogP contribution in [-0.4, -0.2) is 11.1 Å². The summed E-state index contributed by atoms with van der Waals surface area (Å²) in [5, 5.41) is 8.73. The molecule has 2 nitrogen and oxygen atoms in total. The molecule has 1 aromatic carbocycles. The summed E-state index contributed by atoms with van der Waals surface area (Å²) in [5.41, 5.74) is 3.20. The third kappa shape index (κ3) is 3.22. The lowest BCUT2D eigenvalue weighted by Crippen LogP contribution is -2.04. The van der Waals surface area contributed by atoms with Crippen LogP contribution in [0.25, 0.3) is 5.57 Å². The maximum Gasteiger partial charge on any atom is 0.328 e. The van der Waals surface area contributed by atoms with E-state index in [0.717, 1.165) is 11.1 Å². The molecule has 1 saturated carbocycles. The summed E-state index contributed by atoms with van der Waals surface area (Å²) in [5.74, 6) is -0.180. The van der Waals surface area contributed by atoms with E-state index in [4.69, 9.17) is 5.11 Å². The lowest BCUT2D eigenvalue weighted by atomic mass is 9.84. The first-order chi connectivity index (χ1) is 8.66. The molecule has 1 fully saturated rings. The van der Waals surface area contributed by atoms with Gasteiger partial charge in [0.25, 0.3) is 0 Å². The van der Waals surface area contributed by atoms with Gasteiger partial charge in [0.05, 0.1) is 0 Å². The van der Waals surface area contributed by atoms with Crippen molar-refractivity contribution in [3.05, 3.63) is 41.5 Å². The molecule has 1 aliphatic carbocycles. The highest BCUT2D eigenvalue weighted by molar-refractivity contribution is 5.89. The van der Waals surface area contributed by atoms with E-state index in [9.17, 15) is 4.79 Å². The van der Waals surface area contributed by atoms with Crippen molar-refractivity contribution < 1.29 is 9.90 Å². The first-order valence-corrected chi connectivity index (χ1v) is 6.68. The van der Waals surface area contributed by atoms with Crippen molar-refractivity contribution in [2.45, 2.75) is 44.9 Å². The Hall–Kier alpha value is -1.57. The van der Waals surface area contributed by atoms with Crippen LogP contribution in [0.3, 0.4) is 0 Å². The summed E-state index contributed by atoms with van der Waals surface area (Å²) in [4.78, 5) is 10.6. The maximum atomic E-state index is 10.6. The fourth-order valence-electron chi connectivity index (χ4n) is 2.72. The molecule has 0 aliphatic heterocycles. The Morgan fingerprint density at radius 1 is 1.17 bits per heavy atom.